The number of likely N-dealkylation sites (tertiary alicyclic amines) is 1. The van der Waals surface area contributed by atoms with Crippen LogP contribution in [0.15, 0.2) is 76.2 Å². The number of amides is 1. The van der Waals surface area contributed by atoms with Crippen LogP contribution in [0, 0.1) is 17.2 Å². The first-order chi connectivity index (χ1) is 13.2. The highest BCUT2D eigenvalue weighted by Crippen LogP contribution is 2.33. The second kappa shape index (κ2) is 9.29. The molecule has 1 heterocycles. The lowest BCUT2D eigenvalue weighted by atomic mass is 9.99. The quantitative estimate of drug-likeness (QED) is 0.594. The van der Waals surface area contributed by atoms with Crippen molar-refractivity contribution in [1.29, 1.82) is 5.26 Å². The standard InChI is InChI=1S/C22H23N3OS/c1-17-11-13-25(14-12-17)16-18(15-23)22(26)24-20-9-5-6-10-21(20)27-19-7-3-2-4-8-19/h2-10,16-17H,11-14H2,1H3,(H,24,26)/b18-16-. The predicted molar refractivity (Wildman–Crippen MR) is 109 cm³/mol. The van der Waals surface area contributed by atoms with Gasteiger partial charge in [0.05, 0.1) is 5.69 Å². The molecule has 4 nitrogen and oxygen atoms in total. The van der Waals surface area contributed by atoms with Gasteiger partial charge in [-0.15, -0.1) is 0 Å². The second-order valence-corrected chi connectivity index (χ2v) is 7.85. The Morgan fingerprint density at radius 3 is 2.52 bits per heavy atom. The van der Waals surface area contributed by atoms with Crippen molar-refractivity contribution in [3.05, 3.63) is 66.4 Å². The molecule has 5 heteroatoms. The molecule has 0 unspecified atom stereocenters. The second-order valence-electron chi connectivity index (χ2n) is 6.74. The highest BCUT2D eigenvalue weighted by molar-refractivity contribution is 7.99. The number of carbonyl (C=O) groups excluding carboxylic acids is 1. The summed E-state index contributed by atoms with van der Waals surface area (Å²) in [5.41, 5.74) is 0.855. The first-order valence-corrected chi connectivity index (χ1v) is 9.96. The maximum Gasteiger partial charge on any atom is 0.267 e. The largest absolute Gasteiger partial charge is 0.376 e. The number of hydrogen-bond acceptors (Lipinski definition) is 4. The molecule has 0 bridgehead atoms. The number of piperidine rings is 1. The highest BCUT2D eigenvalue weighted by atomic mass is 32.2. The maximum absolute atomic E-state index is 12.6. The normalized spacial score (nSPS) is 15.3. The van der Waals surface area contributed by atoms with Crippen LogP contribution in [0.2, 0.25) is 0 Å². The summed E-state index contributed by atoms with van der Waals surface area (Å²) in [6.45, 7) is 4.01. The van der Waals surface area contributed by atoms with Crippen molar-refractivity contribution in [2.24, 2.45) is 5.92 Å². The van der Waals surface area contributed by atoms with Gasteiger partial charge in [-0.1, -0.05) is 49.0 Å². The van der Waals surface area contributed by atoms with Crippen LogP contribution in [0.1, 0.15) is 19.8 Å². The van der Waals surface area contributed by atoms with E-state index in [1.807, 2.05) is 54.6 Å². The van der Waals surface area contributed by atoms with Gasteiger partial charge in [-0.25, -0.2) is 0 Å². The van der Waals surface area contributed by atoms with Crippen LogP contribution in [-0.2, 0) is 4.79 Å². The van der Waals surface area contributed by atoms with Crippen molar-refractivity contribution in [2.75, 3.05) is 18.4 Å². The van der Waals surface area contributed by atoms with Gasteiger partial charge in [0.25, 0.3) is 5.91 Å². The van der Waals surface area contributed by atoms with E-state index in [2.05, 4.69) is 23.2 Å². The molecule has 1 aliphatic heterocycles. The van der Waals surface area contributed by atoms with E-state index in [9.17, 15) is 10.1 Å². The number of hydrogen-bond donors (Lipinski definition) is 1. The Morgan fingerprint density at radius 1 is 1.15 bits per heavy atom. The lowest BCUT2D eigenvalue weighted by Crippen LogP contribution is -2.29. The molecule has 1 fully saturated rings. The average Bonchev–Trinajstić information content (AvgIpc) is 2.70. The number of benzene rings is 2. The third-order valence-electron chi connectivity index (χ3n) is 4.60. The first-order valence-electron chi connectivity index (χ1n) is 9.15. The van der Waals surface area contributed by atoms with Gasteiger partial charge in [0.2, 0.25) is 0 Å². The molecule has 3 rings (SSSR count). The van der Waals surface area contributed by atoms with Crippen molar-refractivity contribution in [3.8, 4) is 6.07 Å². The van der Waals surface area contributed by atoms with Crippen LogP contribution < -0.4 is 5.32 Å². The van der Waals surface area contributed by atoms with Crippen LogP contribution in [-0.4, -0.2) is 23.9 Å². The molecular formula is C22H23N3OS. The van der Waals surface area contributed by atoms with Gasteiger partial charge in [0, 0.05) is 29.1 Å². The number of anilines is 1. The van der Waals surface area contributed by atoms with Gasteiger partial charge in [-0.2, -0.15) is 5.26 Å². The molecule has 1 aliphatic rings. The molecule has 1 saturated heterocycles. The Kier molecular flexibility index (Phi) is 6.56. The Morgan fingerprint density at radius 2 is 1.81 bits per heavy atom. The van der Waals surface area contributed by atoms with Gasteiger partial charge in [0.1, 0.15) is 11.6 Å². The van der Waals surface area contributed by atoms with Crippen molar-refractivity contribution in [1.82, 2.24) is 4.90 Å². The minimum atomic E-state index is -0.364. The Balaban J connectivity index is 1.72. The molecule has 2 aromatic carbocycles. The van der Waals surface area contributed by atoms with Gasteiger partial charge in [0.15, 0.2) is 0 Å². The maximum atomic E-state index is 12.6. The van der Waals surface area contributed by atoms with E-state index in [1.54, 1.807) is 18.0 Å². The summed E-state index contributed by atoms with van der Waals surface area (Å²) in [5.74, 6) is 0.341. The van der Waals surface area contributed by atoms with Crippen LogP contribution in [0.3, 0.4) is 0 Å². The van der Waals surface area contributed by atoms with E-state index >= 15 is 0 Å². The third-order valence-corrected chi connectivity index (χ3v) is 5.69. The van der Waals surface area contributed by atoms with Crippen LogP contribution in [0.5, 0.6) is 0 Å². The fraction of sp³-hybridized carbons (Fsp3) is 0.273. The van der Waals surface area contributed by atoms with E-state index in [1.165, 1.54) is 0 Å². The Labute approximate surface area is 164 Å². The summed E-state index contributed by atoms with van der Waals surface area (Å²) in [5, 5.41) is 12.4. The molecule has 138 valence electrons. The molecule has 0 radical (unpaired) electrons. The van der Waals surface area contributed by atoms with Gasteiger partial charge in [-0.3, -0.25) is 4.79 Å². The summed E-state index contributed by atoms with van der Waals surface area (Å²) in [6, 6.07) is 19.7. The van der Waals surface area contributed by atoms with Crippen LogP contribution in [0.4, 0.5) is 5.69 Å². The molecule has 0 spiro atoms. The van der Waals surface area contributed by atoms with Crippen molar-refractivity contribution in [3.63, 3.8) is 0 Å². The molecule has 27 heavy (non-hydrogen) atoms. The minimum absolute atomic E-state index is 0.143. The number of nitrogens with zero attached hydrogens (tertiary/aromatic N) is 2. The number of rotatable bonds is 5. The Hall–Kier alpha value is -2.71. The van der Waals surface area contributed by atoms with Crippen molar-refractivity contribution >= 4 is 23.4 Å². The molecule has 2 aromatic rings. The van der Waals surface area contributed by atoms with E-state index < -0.39 is 0 Å². The fourth-order valence-electron chi connectivity index (χ4n) is 2.94. The van der Waals surface area contributed by atoms with E-state index in [0.29, 0.717) is 11.6 Å². The smallest absolute Gasteiger partial charge is 0.267 e. The molecule has 0 aliphatic carbocycles. The van der Waals surface area contributed by atoms with E-state index in [4.69, 9.17) is 0 Å². The zero-order chi connectivity index (χ0) is 19.1. The third kappa shape index (κ3) is 5.38. The lowest BCUT2D eigenvalue weighted by Gasteiger charge is -2.29. The highest BCUT2D eigenvalue weighted by Gasteiger charge is 2.17. The topological polar surface area (TPSA) is 56.1 Å². The average molecular weight is 378 g/mol. The van der Waals surface area contributed by atoms with Crippen molar-refractivity contribution < 1.29 is 4.79 Å². The van der Waals surface area contributed by atoms with Crippen LogP contribution >= 0.6 is 11.8 Å². The summed E-state index contributed by atoms with van der Waals surface area (Å²) >= 11 is 1.58. The zero-order valence-electron chi connectivity index (χ0n) is 15.4. The molecular weight excluding hydrogens is 354 g/mol. The Bertz CT molecular complexity index is 849. The van der Waals surface area contributed by atoms with Crippen LogP contribution in [0.25, 0.3) is 0 Å². The summed E-state index contributed by atoms with van der Waals surface area (Å²) in [4.78, 5) is 16.8. The number of carbonyl (C=O) groups is 1. The monoisotopic (exact) mass is 377 g/mol. The molecule has 0 atom stereocenters. The van der Waals surface area contributed by atoms with E-state index in [0.717, 1.165) is 35.7 Å². The predicted octanol–water partition coefficient (Wildman–Crippen LogP) is 4.92. The molecule has 1 amide bonds. The number of nitriles is 1. The fourth-order valence-corrected chi connectivity index (χ4v) is 3.87. The van der Waals surface area contributed by atoms with Crippen molar-refractivity contribution in [2.45, 2.75) is 29.6 Å². The number of para-hydroxylation sites is 1. The lowest BCUT2D eigenvalue weighted by molar-refractivity contribution is -0.112. The zero-order valence-corrected chi connectivity index (χ0v) is 16.2. The molecule has 0 saturated carbocycles. The molecule has 1 N–H and O–H groups in total. The first kappa shape index (κ1) is 19.1. The minimum Gasteiger partial charge on any atom is -0.376 e. The van der Waals surface area contributed by atoms with Gasteiger partial charge in [-0.05, 0) is 43.0 Å². The summed E-state index contributed by atoms with van der Waals surface area (Å²) in [6.07, 6.45) is 3.88. The summed E-state index contributed by atoms with van der Waals surface area (Å²) < 4.78 is 0. The number of nitrogens with one attached hydrogen (secondary N) is 1. The summed E-state index contributed by atoms with van der Waals surface area (Å²) in [7, 11) is 0. The van der Waals surface area contributed by atoms with Gasteiger partial charge >= 0.3 is 0 Å². The van der Waals surface area contributed by atoms with E-state index in [-0.39, 0.29) is 11.5 Å². The SMILES string of the molecule is CC1CCN(/C=C(/C#N)C(=O)Nc2ccccc2Sc2ccccc2)CC1. The molecule has 0 aromatic heterocycles. The van der Waals surface area contributed by atoms with Gasteiger partial charge < -0.3 is 10.2 Å².